The highest BCUT2D eigenvalue weighted by Crippen LogP contribution is 2.22. The van der Waals surface area contributed by atoms with Gasteiger partial charge in [-0.3, -0.25) is 0 Å². The Kier molecular flexibility index (Phi) is 8.55. The second-order valence-electron chi connectivity index (χ2n) is 9.92. The van der Waals surface area contributed by atoms with E-state index in [9.17, 15) is 0 Å². The zero-order valence-corrected chi connectivity index (χ0v) is 22.0. The van der Waals surface area contributed by atoms with Crippen molar-refractivity contribution in [1.29, 1.82) is 0 Å². The number of hydrogen-bond acceptors (Lipinski definition) is 9. The summed E-state index contributed by atoms with van der Waals surface area (Å²) in [6.07, 6.45) is 12.1. The van der Waals surface area contributed by atoms with Crippen molar-refractivity contribution in [2.45, 2.75) is 64.0 Å². The standard InChI is InChI=1S/C16H20N4.C13H16N4O/c17-13-8-4-5-9-15(13)20-16-18-11-10-14(19-16)12-6-2-1-3-7-12;1-10-15-13(16-18-10)11-5-6-12(14-9-11)17-7-3-2-4-8-17/h1-3,6-7,10-11,13,15H,4-5,8-9,17H2,(H,18,19,20);5-6,9H,2-4,7-8H2,1H3/t13-,15-;/m1./s1. The van der Waals surface area contributed by atoms with Gasteiger partial charge >= 0.3 is 0 Å². The molecule has 1 saturated heterocycles. The first-order chi connectivity index (χ1) is 18.7. The minimum absolute atomic E-state index is 0.202. The number of piperidine rings is 1. The van der Waals surface area contributed by atoms with Crippen molar-refractivity contribution in [2.75, 3.05) is 23.3 Å². The van der Waals surface area contributed by atoms with Crippen LogP contribution in [0.3, 0.4) is 0 Å². The van der Waals surface area contributed by atoms with Crippen LogP contribution in [0.1, 0.15) is 50.8 Å². The molecule has 2 atom stereocenters. The Bertz CT molecular complexity index is 1270. The van der Waals surface area contributed by atoms with Gasteiger partial charge < -0.3 is 20.5 Å². The fourth-order valence-electron chi connectivity index (χ4n) is 4.95. The van der Waals surface area contributed by atoms with E-state index in [0.717, 1.165) is 48.6 Å². The molecule has 0 spiro atoms. The molecule has 1 aliphatic heterocycles. The quantitative estimate of drug-likeness (QED) is 0.369. The van der Waals surface area contributed by atoms with Crippen LogP contribution in [0.5, 0.6) is 0 Å². The molecule has 6 rings (SSSR count). The fourth-order valence-corrected chi connectivity index (χ4v) is 4.95. The van der Waals surface area contributed by atoms with E-state index in [4.69, 9.17) is 10.3 Å². The van der Waals surface area contributed by atoms with E-state index in [1.165, 1.54) is 32.1 Å². The molecule has 3 N–H and O–H groups in total. The van der Waals surface area contributed by atoms with E-state index >= 15 is 0 Å². The van der Waals surface area contributed by atoms with Crippen LogP contribution in [-0.4, -0.2) is 50.3 Å². The maximum atomic E-state index is 6.16. The third-order valence-corrected chi connectivity index (χ3v) is 7.07. The first-order valence-corrected chi connectivity index (χ1v) is 13.6. The second-order valence-corrected chi connectivity index (χ2v) is 9.92. The van der Waals surface area contributed by atoms with Crippen LogP contribution in [0.25, 0.3) is 22.6 Å². The normalized spacial score (nSPS) is 19.4. The molecule has 0 amide bonds. The molecule has 1 saturated carbocycles. The van der Waals surface area contributed by atoms with Gasteiger partial charge in [0.05, 0.1) is 5.69 Å². The number of pyridine rings is 1. The van der Waals surface area contributed by atoms with Gasteiger partial charge in [0.25, 0.3) is 0 Å². The highest BCUT2D eigenvalue weighted by atomic mass is 16.5. The Hall–Kier alpha value is -3.85. The lowest BCUT2D eigenvalue weighted by atomic mass is 9.91. The van der Waals surface area contributed by atoms with E-state index in [1.807, 2.05) is 42.6 Å². The molecule has 9 nitrogen and oxygen atoms in total. The molecule has 2 fully saturated rings. The van der Waals surface area contributed by atoms with Gasteiger partial charge in [0.2, 0.25) is 17.7 Å². The molecular formula is C29H36N8O. The van der Waals surface area contributed by atoms with Gasteiger partial charge in [-0.1, -0.05) is 48.3 Å². The monoisotopic (exact) mass is 512 g/mol. The Morgan fingerprint density at radius 2 is 1.68 bits per heavy atom. The summed E-state index contributed by atoms with van der Waals surface area (Å²) in [5.41, 5.74) is 9.09. The molecule has 198 valence electrons. The lowest BCUT2D eigenvalue weighted by molar-refractivity contribution is 0.394. The molecule has 0 radical (unpaired) electrons. The Morgan fingerprint density at radius 3 is 2.39 bits per heavy atom. The predicted octanol–water partition coefficient (Wildman–Crippen LogP) is 5.26. The van der Waals surface area contributed by atoms with Gasteiger partial charge in [-0.15, -0.1) is 0 Å². The van der Waals surface area contributed by atoms with E-state index in [2.05, 4.69) is 47.4 Å². The molecule has 9 heteroatoms. The van der Waals surface area contributed by atoms with Crippen molar-refractivity contribution in [3.63, 3.8) is 0 Å². The van der Waals surface area contributed by atoms with Crippen molar-refractivity contribution < 1.29 is 4.52 Å². The van der Waals surface area contributed by atoms with Crippen LogP contribution < -0.4 is 16.0 Å². The number of nitrogens with one attached hydrogen (secondary N) is 1. The average molecular weight is 513 g/mol. The molecule has 0 bridgehead atoms. The number of aromatic nitrogens is 5. The Morgan fingerprint density at radius 1 is 0.868 bits per heavy atom. The highest BCUT2D eigenvalue weighted by molar-refractivity contribution is 5.59. The SMILES string of the molecule is Cc1nc(-c2ccc(N3CCCCC3)nc2)no1.N[C@@H]1CCCC[C@H]1Nc1nccc(-c2ccccc2)n1. The molecule has 1 aromatic carbocycles. The van der Waals surface area contributed by atoms with Crippen LogP contribution in [0.2, 0.25) is 0 Å². The summed E-state index contributed by atoms with van der Waals surface area (Å²) < 4.78 is 4.97. The van der Waals surface area contributed by atoms with Gasteiger partial charge in [0.1, 0.15) is 5.82 Å². The minimum Gasteiger partial charge on any atom is -0.357 e. The van der Waals surface area contributed by atoms with Crippen molar-refractivity contribution in [1.82, 2.24) is 25.1 Å². The van der Waals surface area contributed by atoms with Crippen molar-refractivity contribution >= 4 is 11.8 Å². The van der Waals surface area contributed by atoms with E-state index in [-0.39, 0.29) is 12.1 Å². The van der Waals surface area contributed by atoms with E-state index < -0.39 is 0 Å². The van der Waals surface area contributed by atoms with Gasteiger partial charge in [-0.25, -0.2) is 15.0 Å². The molecule has 0 unspecified atom stereocenters. The van der Waals surface area contributed by atoms with E-state index in [0.29, 0.717) is 17.7 Å². The lowest BCUT2D eigenvalue weighted by Gasteiger charge is -2.29. The van der Waals surface area contributed by atoms with Gasteiger partial charge in [-0.2, -0.15) is 4.98 Å². The van der Waals surface area contributed by atoms with Crippen LogP contribution >= 0.6 is 0 Å². The van der Waals surface area contributed by atoms with Crippen molar-refractivity contribution in [2.24, 2.45) is 5.73 Å². The lowest BCUT2D eigenvalue weighted by Crippen LogP contribution is -2.42. The largest absolute Gasteiger partial charge is 0.357 e. The number of hydrogen-bond donors (Lipinski definition) is 2. The van der Waals surface area contributed by atoms with Crippen LogP contribution in [-0.2, 0) is 0 Å². The summed E-state index contributed by atoms with van der Waals surface area (Å²) in [4.78, 5) is 19.9. The fraction of sp³-hybridized carbons (Fsp3) is 0.414. The smallest absolute Gasteiger partial charge is 0.223 e. The third kappa shape index (κ3) is 6.72. The number of rotatable bonds is 5. The Balaban J connectivity index is 0.000000156. The van der Waals surface area contributed by atoms with Crippen LogP contribution in [0, 0.1) is 6.92 Å². The molecule has 3 aromatic heterocycles. The average Bonchev–Trinajstić information content (AvgIpc) is 3.42. The second kappa shape index (κ2) is 12.6. The summed E-state index contributed by atoms with van der Waals surface area (Å²) >= 11 is 0. The first kappa shape index (κ1) is 25.8. The topological polar surface area (TPSA) is 119 Å². The molecule has 1 aliphatic carbocycles. The first-order valence-electron chi connectivity index (χ1n) is 13.6. The number of aryl methyl sites for hydroxylation is 1. The van der Waals surface area contributed by atoms with Crippen molar-refractivity contribution in [3.8, 4) is 22.6 Å². The number of anilines is 2. The highest BCUT2D eigenvalue weighted by Gasteiger charge is 2.22. The molecule has 38 heavy (non-hydrogen) atoms. The Labute approximate surface area is 223 Å². The molecule has 4 heterocycles. The van der Waals surface area contributed by atoms with E-state index in [1.54, 1.807) is 13.1 Å². The number of nitrogens with two attached hydrogens (primary N) is 1. The van der Waals surface area contributed by atoms with Gasteiger partial charge in [0.15, 0.2) is 0 Å². The van der Waals surface area contributed by atoms with Crippen LogP contribution in [0.15, 0.2) is 65.4 Å². The maximum absolute atomic E-state index is 6.16. The molecular weight excluding hydrogens is 476 g/mol. The van der Waals surface area contributed by atoms with Gasteiger partial charge in [-0.05, 0) is 50.3 Å². The third-order valence-electron chi connectivity index (χ3n) is 7.07. The zero-order chi connectivity index (χ0) is 26.2. The number of benzene rings is 1. The minimum atomic E-state index is 0.202. The summed E-state index contributed by atoms with van der Waals surface area (Å²) in [7, 11) is 0. The zero-order valence-electron chi connectivity index (χ0n) is 22.0. The summed E-state index contributed by atoms with van der Waals surface area (Å²) in [6.45, 7) is 3.99. The van der Waals surface area contributed by atoms with Crippen molar-refractivity contribution in [3.05, 3.63) is 66.8 Å². The molecule has 2 aliphatic rings. The van der Waals surface area contributed by atoms with Gasteiger partial charge in [0, 0.05) is 55.6 Å². The summed E-state index contributed by atoms with van der Waals surface area (Å²) in [5, 5.41) is 7.28. The molecule has 4 aromatic rings. The maximum Gasteiger partial charge on any atom is 0.223 e. The summed E-state index contributed by atoms with van der Waals surface area (Å²) in [5.74, 6) is 2.89. The predicted molar refractivity (Wildman–Crippen MR) is 150 cm³/mol. The number of nitrogens with zero attached hydrogens (tertiary/aromatic N) is 6. The summed E-state index contributed by atoms with van der Waals surface area (Å²) in [6, 6.07) is 16.6. The van der Waals surface area contributed by atoms with Crippen LogP contribution in [0.4, 0.5) is 11.8 Å².